The minimum absolute atomic E-state index is 0.581. The SMILES string of the molecule is CCCCC/C(=N/NC(=S)NCCN1CCOCC1)c1ccccc1. The molecule has 5 nitrogen and oxygen atoms in total. The average Bonchev–Trinajstić information content (AvgIpc) is 2.66. The highest BCUT2D eigenvalue weighted by atomic mass is 32.1. The Labute approximate surface area is 156 Å². The van der Waals surface area contributed by atoms with Gasteiger partial charge in [-0.3, -0.25) is 10.3 Å². The molecule has 1 fully saturated rings. The fraction of sp³-hybridized carbons (Fsp3) is 0.579. The number of rotatable bonds is 9. The van der Waals surface area contributed by atoms with Gasteiger partial charge in [0.1, 0.15) is 0 Å². The number of hydrazone groups is 1. The highest BCUT2D eigenvalue weighted by Gasteiger charge is 2.09. The lowest BCUT2D eigenvalue weighted by Crippen LogP contribution is -2.43. The first-order valence-corrected chi connectivity index (χ1v) is 9.66. The van der Waals surface area contributed by atoms with Gasteiger partial charge >= 0.3 is 0 Å². The quantitative estimate of drug-likeness (QED) is 0.306. The van der Waals surface area contributed by atoms with Crippen LogP contribution < -0.4 is 10.7 Å². The largest absolute Gasteiger partial charge is 0.379 e. The Morgan fingerprint density at radius 1 is 1.20 bits per heavy atom. The van der Waals surface area contributed by atoms with Crippen LogP contribution in [0.15, 0.2) is 35.4 Å². The third kappa shape index (κ3) is 7.94. The first-order valence-electron chi connectivity index (χ1n) is 9.25. The zero-order valence-corrected chi connectivity index (χ0v) is 16.0. The topological polar surface area (TPSA) is 48.9 Å². The van der Waals surface area contributed by atoms with Crippen molar-refractivity contribution in [1.29, 1.82) is 0 Å². The van der Waals surface area contributed by atoms with Crippen molar-refractivity contribution in [3.8, 4) is 0 Å². The smallest absolute Gasteiger partial charge is 0.187 e. The van der Waals surface area contributed by atoms with Crippen molar-refractivity contribution in [2.45, 2.75) is 32.6 Å². The van der Waals surface area contributed by atoms with Crippen LogP contribution >= 0.6 is 12.2 Å². The Hall–Kier alpha value is -1.50. The average molecular weight is 363 g/mol. The van der Waals surface area contributed by atoms with Gasteiger partial charge in [-0.2, -0.15) is 5.10 Å². The normalized spacial score (nSPS) is 15.8. The Kier molecular flexibility index (Phi) is 9.47. The van der Waals surface area contributed by atoms with Gasteiger partial charge in [-0.1, -0.05) is 50.1 Å². The predicted molar refractivity (Wildman–Crippen MR) is 108 cm³/mol. The summed E-state index contributed by atoms with van der Waals surface area (Å²) < 4.78 is 5.36. The van der Waals surface area contributed by atoms with Crippen LogP contribution in [0.2, 0.25) is 0 Å². The van der Waals surface area contributed by atoms with E-state index in [0.29, 0.717) is 5.11 Å². The van der Waals surface area contributed by atoms with Crippen LogP contribution in [0.1, 0.15) is 38.2 Å². The van der Waals surface area contributed by atoms with Gasteiger partial charge < -0.3 is 10.1 Å². The third-order valence-corrected chi connectivity index (χ3v) is 4.47. The van der Waals surface area contributed by atoms with E-state index in [1.165, 1.54) is 12.8 Å². The minimum Gasteiger partial charge on any atom is -0.379 e. The molecule has 0 atom stereocenters. The van der Waals surface area contributed by atoms with Crippen molar-refractivity contribution in [2.24, 2.45) is 5.10 Å². The highest BCUT2D eigenvalue weighted by molar-refractivity contribution is 7.80. The van der Waals surface area contributed by atoms with Gasteiger partial charge in [0, 0.05) is 26.2 Å². The summed E-state index contributed by atoms with van der Waals surface area (Å²) >= 11 is 5.35. The molecule has 0 saturated carbocycles. The molecular formula is C19H30N4OS. The molecule has 2 rings (SSSR count). The van der Waals surface area contributed by atoms with E-state index in [2.05, 4.69) is 39.8 Å². The second kappa shape index (κ2) is 12.0. The van der Waals surface area contributed by atoms with Crippen molar-refractivity contribution in [2.75, 3.05) is 39.4 Å². The molecule has 0 bridgehead atoms. The Morgan fingerprint density at radius 2 is 1.96 bits per heavy atom. The van der Waals surface area contributed by atoms with Crippen LogP contribution in [0.3, 0.4) is 0 Å². The number of benzene rings is 1. The molecule has 0 aromatic heterocycles. The van der Waals surface area contributed by atoms with E-state index in [9.17, 15) is 0 Å². The van der Waals surface area contributed by atoms with Gasteiger partial charge in [-0.15, -0.1) is 0 Å². The zero-order valence-electron chi connectivity index (χ0n) is 15.2. The number of thiocarbonyl (C=S) groups is 1. The predicted octanol–water partition coefficient (Wildman–Crippen LogP) is 2.77. The summed E-state index contributed by atoms with van der Waals surface area (Å²) in [6.07, 6.45) is 4.52. The maximum atomic E-state index is 5.36. The maximum absolute atomic E-state index is 5.36. The monoisotopic (exact) mass is 362 g/mol. The summed E-state index contributed by atoms with van der Waals surface area (Å²) in [5, 5.41) is 8.38. The number of hydrogen-bond acceptors (Lipinski definition) is 4. The van der Waals surface area contributed by atoms with Crippen LogP contribution in [0.5, 0.6) is 0 Å². The number of nitrogens with one attached hydrogen (secondary N) is 2. The first-order chi connectivity index (χ1) is 12.3. The number of unbranched alkanes of at least 4 members (excludes halogenated alkanes) is 2. The Bertz CT molecular complexity index is 529. The lowest BCUT2D eigenvalue weighted by Gasteiger charge is -2.26. The summed E-state index contributed by atoms with van der Waals surface area (Å²) in [4.78, 5) is 2.38. The molecule has 0 unspecified atom stereocenters. The molecule has 2 N–H and O–H groups in total. The minimum atomic E-state index is 0.581. The van der Waals surface area contributed by atoms with Gasteiger partial charge in [0.25, 0.3) is 0 Å². The number of nitrogens with zero attached hydrogens (tertiary/aromatic N) is 2. The molecule has 1 aliphatic rings. The van der Waals surface area contributed by atoms with Crippen molar-refractivity contribution in [3.05, 3.63) is 35.9 Å². The molecule has 1 saturated heterocycles. The molecule has 0 spiro atoms. The van der Waals surface area contributed by atoms with Crippen molar-refractivity contribution >= 4 is 23.0 Å². The summed E-state index contributed by atoms with van der Waals surface area (Å²) in [7, 11) is 0. The number of ether oxygens (including phenoxy) is 1. The summed E-state index contributed by atoms with van der Waals surface area (Å²) in [6, 6.07) is 10.3. The number of morpholine rings is 1. The van der Waals surface area contributed by atoms with Crippen LogP contribution in [0, 0.1) is 0 Å². The van der Waals surface area contributed by atoms with Gasteiger partial charge in [0.05, 0.1) is 18.9 Å². The molecule has 1 heterocycles. The van der Waals surface area contributed by atoms with E-state index in [-0.39, 0.29) is 0 Å². The van der Waals surface area contributed by atoms with Crippen molar-refractivity contribution in [1.82, 2.24) is 15.6 Å². The van der Waals surface area contributed by atoms with E-state index in [1.54, 1.807) is 0 Å². The molecule has 0 radical (unpaired) electrons. The molecule has 1 aromatic rings. The first kappa shape index (κ1) is 19.8. The van der Waals surface area contributed by atoms with Crippen LogP contribution in [0.25, 0.3) is 0 Å². The van der Waals surface area contributed by atoms with Gasteiger partial charge in [-0.25, -0.2) is 0 Å². The summed E-state index contributed by atoms with van der Waals surface area (Å²) in [5.74, 6) is 0. The summed E-state index contributed by atoms with van der Waals surface area (Å²) in [6.45, 7) is 7.64. The van der Waals surface area contributed by atoms with Gasteiger partial charge in [0.2, 0.25) is 0 Å². The maximum Gasteiger partial charge on any atom is 0.187 e. The van der Waals surface area contributed by atoms with Crippen LogP contribution in [0.4, 0.5) is 0 Å². The molecule has 6 heteroatoms. The standard InChI is InChI=1S/C19H30N4OS/c1-2-3-5-10-18(17-8-6-4-7-9-17)21-22-19(25)20-11-12-23-13-15-24-16-14-23/h4,6-9H,2-3,5,10-16H2,1H3,(H2,20,22,25)/b21-18-. The fourth-order valence-electron chi connectivity index (χ4n) is 2.75. The second-order valence-electron chi connectivity index (χ2n) is 6.20. The lowest BCUT2D eigenvalue weighted by atomic mass is 10.0. The van der Waals surface area contributed by atoms with Crippen LogP contribution in [-0.2, 0) is 4.74 Å². The van der Waals surface area contributed by atoms with Gasteiger partial charge in [-0.05, 0) is 30.6 Å². The van der Waals surface area contributed by atoms with Crippen LogP contribution in [-0.4, -0.2) is 55.1 Å². The number of hydrogen-bond donors (Lipinski definition) is 2. The van der Waals surface area contributed by atoms with E-state index < -0.39 is 0 Å². The van der Waals surface area contributed by atoms with E-state index in [1.807, 2.05) is 18.2 Å². The lowest BCUT2D eigenvalue weighted by molar-refractivity contribution is 0.0389. The summed E-state index contributed by atoms with van der Waals surface area (Å²) in [5.41, 5.74) is 5.23. The molecule has 0 amide bonds. The zero-order chi connectivity index (χ0) is 17.7. The molecule has 1 aliphatic heterocycles. The van der Waals surface area contributed by atoms with E-state index in [4.69, 9.17) is 17.0 Å². The molecule has 25 heavy (non-hydrogen) atoms. The van der Waals surface area contributed by atoms with Crippen molar-refractivity contribution < 1.29 is 4.74 Å². The highest BCUT2D eigenvalue weighted by Crippen LogP contribution is 2.09. The third-order valence-electron chi connectivity index (χ3n) is 4.23. The fourth-order valence-corrected chi connectivity index (χ4v) is 2.90. The van der Waals surface area contributed by atoms with Gasteiger partial charge in [0.15, 0.2) is 5.11 Å². The van der Waals surface area contributed by atoms with E-state index >= 15 is 0 Å². The Balaban J connectivity index is 1.78. The van der Waals surface area contributed by atoms with E-state index in [0.717, 1.165) is 63.5 Å². The molecule has 138 valence electrons. The Morgan fingerprint density at radius 3 is 2.68 bits per heavy atom. The molecule has 1 aromatic carbocycles. The molecular weight excluding hydrogens is 332 g/mol. The second-order valence-corrected chi connectivity index (χ2v) is 6.61. The van der Waals surface area contributed by atoms with Crippen molar-refractivity contribution in [3.63, 3.8) is 0 Å². The molecule has 0 aliphatic carbocycles.